The molecule has 220 valence electrons. The van der Waals surface area contributed by atoms with E-state index in [1.165, 1.54) is 0 Å². The third-order valence-electron chi connectivity index (χ3n) is 6.48. The Morgan fingerprint density at radius 1 is 1.02 bits per heavy atom. The van der Waals surface area contributed by atoms with Crippen molar-refractivity contribution in [3.63, 3.8) is 0 Å². The highest BCUT2D eigenvalue weighted by Crippen LogP contribution is 2.33. The van der Waals surface area contributed by atoms with Crippen LogP contribution in [-0.4, -0.2) is 36.2 Å². The fraction of sp³-hybridized carbons (Fsp3) is 0.375. The lowest BCUT2D eigenvalue weighted by molar-refractivity contribution is -0.136. The molecule has 1 atom stereocenters. The maximum Gasteiger partial charge on any atom is 0.408 e. The fourth-order valence-corrected chi connectivity index (χ4v) is 4.53. The maximum atomic E-state index is 15.9. The van der Waals surface area contributed by atoms with Crippen molar-refractivity contribution in [3.8, 4) is 11.1 Å². The number of alkyl carbamates (subject to hydrolysis) is 1. The van der Waals surface area contributed by atoms with E-state index >= 15 is 4.39 Å². The lowest BCUT2D eigenvalue weighted by atomic mass is 9.95. The number of aliphatic carboxylic acids is 1. The molecule has 2 N–H and O–H groups in total. The molecule has 0 aromatic heterocycles. The number of alkyl halides is 2. The Balaban J connectivity index is 1.98. The topological polar surface area (TPSA) is 78.9 Å². The SMILES string of the molecule is C[C@@H](NC(=O)OC(C)(C)C)c1cccc(-c2cc(CCC(F)F)cc(N(C)Cc3ccccc3CC(=O)O)c2)c1F. The van der Waals surface area contributed by atoms with Crippen LogP contribution in [0.5, 0.6) is 0 Å². The van der Waals surface area contributed by atoms with Crippen molar-refractivity contribution in [2.45, 2.75) is 71.6 Å². The van der Waals surface area contributed by atoms with Crippen LogP contribution in [0.2, 0.25) is 0 Å². The highest BCUT2D eigenvalue weighted by atomic mass is 19.3. The molecule has 9 heteroatoms. The van der Waals surface area contributed by atoms with Crippen molar-refractivity contribution in [2.75, 3.05) is 11.9 Å². The zero-order valence-corrected chi connectivity index (χ0v) is 24.0. The molecule has 0 saturated carbocycles. The molecule has 0 aliphatic carbocycles. The molecule has 0 spiro atoms. The number of carbonyl (C=O) groups excluding carboxylic acids is 1. The number of nitrogens with one attached hydrogen (secondary N) is 1. The van der Waals surface area contributed by atoms with E-state index in [4.69, 9.17) is 4.74 Å². The first-order chi connectivity index (χ1) is 19.2. The van der Waals surface area contributed by atoms with Gasteiger partial charge in [-0.3, -0.25) is 4.79 Å². The summed E-state index contributed by atoms with van der Waals surface area (Å²) in [5.74, 6) is -1.48. The zero-order chi connectivity index (χ0) is 30.3. The minimum absolute atomic E-state index is 0.0971. The van der Waals surface area contributed by atoms with Gasteiger partial charge in [0.2, 0.25) is 6.43 Å². The van der Waals surface area contributed by atoms with Gasteiger partial charge in [-0.15, -0.1) is 0 Å². The van der Waals surface area contributed by atoms with Crippen LogP contribution in [0.15, 0.2) is 60.7 Å². The smallest absolute Gasteiger partial charge is 0.408 e. The van der Waals surface area contributed by atoms with Crippen LogP contribution in [-0.2, 0) is 28.9 Å². The highest BCUT2D eigenvalue weighted by Gasteiger charge is 2.22. The Morgan fingerprint density at radius 2 is 1.71 bits per heavy atom. The summed E-state index contributed by atoms with van der Waals surface area (Å²) in [5, 5.41) is 11.9. The summed E-state index contributed by atoms with van der Waals surface area (Å²) in [4.78, 5) is 25.5. The highest BCUT2D eigenvalue weighted by molar-refractivity contribution is 5.73. The molecule has 0 radical (unpaired) electrons. The summed E-state index contributed by atoms with van der Waals surface area (Å²) in [5.41, 5.74) is 3.08. The Bertz CT molecular complexity index is 1370. The fourth-order valence-electron chi connectivity index (χ4n) is 4.53. The van der Waals surface area contributed by atoms with Crippen molar-refractivity contribution < 1.29 is 32.6 Å². The summed E-state index contributed by atoms with van der Waals surface area (Å²) in [6.07, 6.45) is -3.52. The van der Waals surface area contributed by atoms with Gasteiger partial charge in [0, 0.05) is 36.8 Å². The van der Waals surface area contributed by atoms with Crippen LogP contribution >= 0.6 is 0 Å². The van der Waals surface area contributed by atoms with Gasteiger partial charge in [-0.2, -0.15) is 0 Å². The zero-order valence-electron chi connectivity index (χ0n) is 24.0. The molecule has 3 rings (SSSR count). The van der Waals surface area contributed by atoms with E-state index in [1.54, 1.807) is 76.2 Å². The molecule has 3 aromatic carbocycles. The maximum absolute atomic E-state index is 15.9. The monoisotopic (exact) mass is 570 g/mol. The van der Waals surface area contributed by atoms with E-state index in [2.05, 4.69) is 5.32 Å². The Labute approximate surface area is 239 Å². The minimum Gasteiger partial charge on any atom is -0.481 e. The average Bonchev–Trinajstić information content (AvgIpc) is 2.87. The summed E-state index contributed by atoms with van der Waals surface area (Å²) < 4.78 is 47.4. The number of hydrogen-bond acceptors (Lipinski definition) is 4. The van der Waals surface area contributed by atoms with E-state index in [-0.39, 0.29) is 30.4 Å². The molecular weight excluding hydrogens is 533 g/mol. The van der Waals surface area contributed by atoms with Gasteiger partial charge in [-0.1, -0.05) is 48.5 Å². The number of halogens is 3. The second-order valence-electron chi connectivity index (χ2n) is 11.1. The third-order valence-corrected chi connectivity index (χ3v) is 6.48. The van der Waals surface area contributed by atoms with Gasteiger partial charge in [0.15, 0.2) is 0 Å². The molecule has 0 aliphatic rings. The van der Waals surface area contributed by atoms with E-state index in [0.717, 1.165) is 5.56 Å². The van der Waals surface area contributed by atoms with Gasteiger partial charge < -0.3 is 20.1 Å². The average molecular weight is 571 g/mol. The number of benzene rings is 3. The number of amides is 1. The molecule has 0 saturated heterocycles. The van der Waals surface area contributed by atoms with Crippen LogP contribution in [0.4, 0.5) is 23.7 Å². The summed E-state index contributed by atoms with van der Waals surface area (Å²) in [6.45, 7) is 7.22. The molecule has 1 amide bonds. The number of carbonyl (C=O) groups is 2. The number of nitrogens with zero attached hydrogens (tertiary/aromatic N) is 1. The predicted octanol–water partition coefficient (Wildman–Crippen LogP) is 7.54. The Morgan fingerprint density at radius 3 is 2.34 bits per heavy atom. The molecule has 0 aliphatic heterocycles. The molecule has 0 heterocycles. The molecule has 6 nitrogen and oxygen atoms in total. The lowest BCUT2D eigenvalue weighted by Crippen LogP contribution is -2.34. The molecule has 3 aromatic rings. The Kier molecular flexibility index (Phi) is 10.4. The van der Waals surface area contributed by atoms with Crippen molar-refractivity contribution in [2.24, 2.45) is 0 Å². The molecule has 0 bridgehead atoms. The second-order valence-corrected chi connectivity index (χ2v) is 11.1. The number of carboxylic acids is 1. The van der Waals surface area contributed by atoms with Gasteiger partial charge in [0.25, 0.3) is 0 Å². The lowest BCUT2D eigenvalue weighted by Gasteiger charge is -2.24. The van der Waals surface area contributed by atoms with E-state index in [1.807, 2.05) is 24.1 Å². The van der Waals surface area contributed by atoms with Crippen LogP contribution in [0.3, 0.4) is 0 Å². The number of carboxylic acid groups (broad SMARTS) is 1. The molecule has 41 heavy (non-hydrogen) atoms. The van der Waals surface area contributed by atoms with Gasteiger partial charge >= 0.3 is 12.1 Å². The molecule has 0 fully saturated rings. The minimum atomic E-state index is -2.48. The summed E-state index contributed by atoms with van der Waals surface area (Å²) >= 11 is 0. The van der Waals surface area contributed by atoms with Gasteiger partial charge in [0.1, 0.15) is 11.4 Å². The first kappa shape index (κ1) is 31.5. The van der Waals surface area contributed by atoms with Gasteiger partial charge in [0.05, 0.1) is 12.5 Å². The normalized spacial score (nSPS) is 12.2. The van der Waals surface area contributed by atoms with Crippen molar-refractivity contribution in [1.82, 2.24) is 5.32 Å². The number of hydrogen-bond donors (Lipinski definition) is 2. The van der Waals surface area contributed by atoms with E-state index in [0.29, 0.717) is 28.9 Å². The quantitative estimate of drug-likeness (QED) is 0.249. The second kappa shape index (κ2) is 13.6. The number of aryl methyl sites for hydroxylation is 1. The molecular formula is C32H37F3N2O4. The molecule has 0 unspecified atom stereocenters. The summed E-state index contributed by atoms with van der Waals surface area (Å²) in [7, 11) is 1.81. The number of ether oxygens (including phenoxy) is 1. The number of anilines is 1. The van der Waals surface area contributed by atoms with Crippen LogP contribution in [0, 0.1) is 5.82 Å². The van der Waals surface area contributed by atoms with Crippen molar-refractivity contribution >= 4 is 17.7 Å². The first-order valence-corrected chi connectivity index (χ1v) is 13.4. The standard InChI is InChI=1S/C32H37F3N2O4/c1-20(36-31(40)41-32(2,3)4)26-11-8-12-27(30(26)35)24-15-21(13-14-28(33)34)16-25(17-24)37(5)19-23-10-7-6-9-22(23)18-29(38)39/h6-12,15-17,20,28H,13-14,18-19H2,1-5H3,(H,36,40)(H,38,39)/t20-/m1/s1. The largest absolute Gasteiger partial charge is 0.481 e. The third kappa shape index (κ3) is 9.27. The van der Waals surface area contributed by atoms with Gasteiger partial charge in [-0.25, -0.2) is 18.0 Å². The van der Waals surface area contributed by atoms with Gasteiger partial charge in [-0.05, 0) is 68.5 Å². The Hall–Kier alpha value is -4.01. The van der Waals surface area contributed by atoms with Crippen LogP contribution in [0.1, 0.15) is 62.4 Å². The summed E-state index contributed by atoms with van der Waals surface area (Å²) in [6, 6.07) is 16.6. The van der Waals surface area contributed by atoms with E-state index < -0.39 is 35.9 Å². The van der Waals surface area contributed by atoms with E-state index in [9.17, 15) is 23.5 Å². The van der Waals surface area contributed by atoms with Crippen molar-refractivity contribution in [1.29, 1.82) is 0 Å². The predicted molar refractivity (Wildman–Crippen MR) is 154 cm³/mol. The number of rotatable bonds is 11. The first-order valence-electron chi connectivity index (χ1n) is 13.4. The van der Waals surface area contributed by atoms with Crippen molar-refractivity contribution in [3.05, 3.63) is 88.7 Å². The van der Waals surface area contributed by atoms with Crippen LogP contribution < -0.4 is 10.2 Å². The van der Waals surface area contributed by atoms with Crippen LogP contribution in [0.25, 0.3) is 11.1 Å².